The first-order chi connectivity index (χ1) is 6.58. The van der Waals surface area contributed by atoms with Gasteiger partial charge in [0.2, 0.25) is 0 Å². The number of halogens is 1. The van der Waals surface area contributed by atoms with Crippen LogP contribution in [0.2, 0.25) is 4.34 Å². The minimum Gasteiger partial charge on any atom is -0.478 e. The lowest BCUT2D eigenvalue weighted by Gasteiger charge is -1.98. The van der Waals surface area contributed by atoms with E-state index >= 15 is 0 Å². The van der Waals surface area contributed by atoms with Crippen LogP contribution in [0.4, 0.5) is 0 Å². The maximum Gasteiger partial charge on any atom is 0.336 e. The van der Waals surface area contributed by atoms with E-state index in [0.29, 0.717) is 9.90 Å². The quantitative estimate of drug-likeness (QED) is 0.807. The fourth-order valence-corrected chi connectivity index (χ4v) is 2.69. The largest absolute Gasteiger partial charge is 0.478 e. The third kappa shape index (κ3) is 1.49. The van der Waals surface area contributed by atoms with Crippen LogP contribution >= 0.6 is 22.9 Å². The van der Waals surface area contributed by atoms with Crippen molar-refractivity contribution in [2.45, 2.75) is 6.92 Å². The van der Waals surface area contributed by atoms with Gasteiger partial charge in [0.05, 0.1) is 9.90 Å². The summed E-state index contributed by atoms with van der Waals surface area (Å²) in [6, 6.07) is 5.30. The van der Waals surface area contributed by atoms with Crippen molar-refractivity contribution in [2.75, 3.05) is 0 Å². The predicted octanol–water partition coefficient (Wildman–Crippen LogP) is 3.56. The van der Waals surface area contributed by atoms with Crippen molar-refractivity contribution >= 4 is 39.0 Å². The van der Waals surface area contributed by atoms with Crippen molar-refractivity contribution in [3.05, 3.63) is 33.7 Å². The van der Waals surface area contributed by atoms with Gasteiger partial charge in [0.1, 0.15) is 0 Å². The van der Waals surface area contributed by atoms with E-state index in [1.165, 1.54) is 11.3 Å². The molecule has 0 spiro atoms. The van der Waals surface area contributed by atoms with Crippen molar-refractivity contribution in [3.8, 4) is 0 Å². The molecule has 0 saturated heterocycles. The Morgan fingerprint density at radius 3 is 2.79 bits per heavy atom. The fraction of sp³-hybridized carbons (Fsp3) is 0.100. The van der Waals surface area contributed by atoms with Gasteiger partial charge in [-0.1, -0.05) is 11.6 Å². The number of thiophene rings is 1. The Labute approximate surface area is 89.7 Å². The van der Waals surface area contributed by atoms with E-state index in [9.17, 15) is 4.79 Å². The van der Waals surface area contributed by atoms with E-state index < -0.39 is 5.97 Å². The molecule has 0 amide bonds. The van der Waals surface area contributed by atoms with Crippen LogP contribution < -0.4 is 0 Å². The topological polar surface area (TPSA) is 37.3 Å². The zero-order chi connectivity index (χ0) is 10.3. The number of fused-ring (bicyclic) bond motifs is 1. The molecule has 2 aromatic rings. The molecule has 1 heterocycles. The second-order valence-corrected chi connectivity index (χ2v) is 4.80. The summed E-state index contributed by atoms with van der Waals surface area (Å²) >= 11 is 7.24. The number of rotatable bonds is 1. The maximum absolute atomic E-state index is 10.9. The standard InChI is InChI=1S/C10H7ClO2S/c1-5-2-7(10(12)13)6-4-9(11)14-8(6)3-5/h2-4H,1H3,(H,12,13). The first-order valence-electron chi connectivity index (χ1n) is 4.01. The first kappa shape index (κ1) is 9.49. The highest BCUT2D eigenvalue weighted by molar-refractivity contribution is 7.22. The van der Waals surface area contributed by atoms with Crippen LogP contribution in [0.25, 0.3) is 10.1 Å². The van der Waals surface area contributed by atoms with Gasteiger partial charge in [-0.15, -0.1) is 11.3 Å². The number of hydrogen-bond acceptors (Lipinski definition) is 2. The molecule has 0 aliphatic rings. The number of carboxylic acids is 1. The molecule has 4 heteroatoms. The minimum absolute atomic E-state index is 0.322. The number of aromatic carboxylic acids is 1. The van der Waals surface area contributed by atoms with Gasteiger partial charge in [-0.25, -0.2) is 4.79 Å². The highest BCUT2D eigenvalue weighted by Gasteiger charge is 2.11. The Balaban J connectivity index is 2.85. The van der Waals surface area contributed by atoms with E-state index in [2.05, 4.69) is 0 Å². The van der Waals surface area contributed by atoms with Gasteiger partial charge >= 0.3 is 5.97 Å². The zero-order valence-electron chi connectivity index (χ0n) is 7.37. The number of benzene rings is 1. The van der Waals surface area contributed by atoms with Gasteiger partial charge in [0.15, 0.2) is 0 Å². The Morgan fingerprint density at radius 2 is 2.14 bits per heavy atom. The summed E-state index contributed by atoms with van der Waals surface area (Å²) in [7, 11) is 0. The average molecular weight is 227 g/mol. The molecule has 0 saturated carbocycles. The van der Waals surface area contributed by atoms with Crippen LogP contribution in [0.5, 0.6) is 0 Å². The van der Waals surface area contributed by atoms with E-state index in [-0.39, 0.29) is 0 Å². The molecule has 1 aromatic heterocycles. The Bertz CT molecular complexity index is 516. The van der Waals surface area contributed by atoms with Gasteiger partial charge in [0, 0.05) is 10.1 Å². The molecule has 14 heavy (non-hydrogen) atoms. The lowest BCUT2D eigenvalue weighted by atomic mass is 10.1. The fourth-order valence-electron chi connectivity index (χ4n) is 1.42. The second kappa shape index (κ2) is 3.26. The van der Waals surface area contributed by atoms with Crippen molar-refractivity contribution in [1.82, 2.24) is 0 Å². The lowest BCUT2D eigenvalue weighted by Crippen LogP contribution is -1.96. The van der Waals surface area contributed by atoms with Gasteiger partial charge in [-0.3, -0.25) is 0 Å². The molecule has 2 rings (SSSR count). The molecule has 1 N–H and O–H groups in total. The smallest absolute Gasteiger partial charge is 0.336 e. The Kier molecular flexibility index (Phi) is 2.21. The van der Waals surface area contributed by atoms with Gasteiger partial charge in [-0.2, -0.15) is 0 Å². The molecular weight excluding hydrogens is 220 g/mol. The highest BCUT2D eigenvalue weighted by Crippen LogP contribution is 2.32. The van der Waals surface area contributed by atoms with Crippen LogP contribution in [-0.4, -0.2) is 11.1 Å². The van der Waals surface area contributed by atoms with Crippen molar-refractivity contribution in [1.29, 1.82) is 0 Å². The molecule has 0 radical (unpaired) electrons. The molecule has 72 valence electrons. The van der Waals surface area contributed by atoms with Crippen LogP contribution in [0.3, 0.4) is 0 Å². The SMILES string of the molecule is Cc1cc(C(=O)O)c2cc(Cl)sc2c1. The summed E-state index contributed by atoms with van der Waals surface area (Å²) in [6.07, 6.45) is 0. The molecule has 0 aliphatic carbocycles. The molecule has 0 bridgehead atoms. The van der Waals surface area contributed by atoms with Crippen LogP contribution in [0.1, 0.15) is 15.9 Å². The van der Waals surface area contributed by atoms with E-state index in [1.54, 1.807) is 12.1 Å². The maximum atomic E-state index is 10.9. The Hall–Kier alpha value is -1.06. The van der Waals surface area contributed by atoms with E-state index in [1.807, 2.05) is 13.0 Å². The summed E-state index contributed by atoms with van der Waals surface area (Å²) in [5.41, 5.74) is 1.26. The highest BCUT2D eigenvalue weighted by atomic mass is 35.5. The lowest BCUT2D eigenvalue weighted by molar-refractivity contribution is 0.0699. The average Bonchev–Trinajstić information content (AvgIpc) is 2.42. The summed E-state index contributed by atoms with van der Waals surface area (Å²) in [6.45, 7) is 1.87. The van der Waals surface area contributed by atoms with Crippen LogP contribution in [0.15, 0.2) is 18.2 Å². The summed E-state index contributed by atoms with van der Waals surface area (Å²) in [5.74, 6) is -0.909. The zero-order valence-corrected chi connectivity index (χ0v) is 8.95. The molecule has 0 unspecified atom stereocenters. The molecule has 1 aromatic carbocycles. The van der Waals surface area contributed by atoms with Gasteiger partial charge < -0.3 is 5.11 Å². The monoisotopic (exact) mass is 226 g/mol. The van der Waals surface area contributed by atoms with E-state index in [4.69, 9.17) is 16.7 Å². The van der Waals surface area contributed by atoms with E-state index in [0.717, 1.165) is 15.6 Å². The molecule has 2 nitrogen and oxygen atoms in total. The van der Waals surface area contributed by atoms with Gasteiger partial charge in [-0.05, 0) is 30.7 Å². The molecule has 0 fully saturated rings. The number of carboxylic acid groups (broad SMARTS) is 1. The van der Waals surface area contributed by atoms with Crippen molar-refractivity contribution in [2.24, 2.45) is 0 Å². The number of carbonyl (C=O) groups is 1. The predicted molar refractivity (Wildman–Crippen MR) is 58.5 cm³/mol. The third-order valence-electron chi connectivity index (χ3n) is 1.98. The second-order valence-electron chi connectivity index (χ2n) is 3.08. The normalized spacial score (nSPS) is 10.7. The number of aryl methyl sites for hydroxylation is 1. The Morgan fingerprint density at radius 1 is 1.43 bits per heavy atom. The number of hydrogen-bond donors (Lipinski definition) is 1. The third-order valence-corrected chi connectivity index (χ3v) is 3.19. The van der Waals surface area contributed by atoms with Crippen LogP contribution in [-0.2, 0) is 0 Å². The molecular formula is C10H7ClO2S. The summed E-state index contributed by atoms with van der Waals surface area (Å²) in [5, 5.41) is 9.70. The molecule has 0 atom stereocenters. The van der Waals surface area contributed by atoms with Gasteiger partial charge in [0.25, 0.3) is 0 Å². The minimum atomic E-state index is -0.909. The van der Waals surface area contributed by atoms with Crippen LogP contribution in [0, 0.1) is 6.92 Å². The van der Waals surface area contributed by atoms with Crippen molar-refractivity contribution < 1.29 is 9.90 Å². The molecule has 0 aliphatic heterocycles. The summed E-state index contributed by atoms with van der Waals surface area (Å²) in [4.78, 5) is 10.9. The first-order valence-corrected chi connectivity index (χ1v) is 5.20. The van der Waals surface area contributed by atoms with Crippen molar-refractivity contribution in [3.63, 3.8) is 0 Å². The summed E-state index contributed by atoms with van der Waals surface area (Å²) < 4.78 is 1.54.